The smallest absolute Gasteiger partial charge is 0.277 e. The van der Waals surface area contributed by atoms with Crippen LogP contribution in [0.5, 0.6) is 5.75 Å². The van der Waals surface area contributed by atoms with Crippen molar-refractivity contribution in [2.24, 2.45) is 0 Å². The molecule has 7 nitrogen and oxygen atoms in total. The molecule has 3 aromatic rings. The van der Waals surface area contributed by atoms with Gasteiger partial charge in [0.25, 0.3) is 11.8 Å². The van der Waals surface area contributed by atoms with Crippen molar-refractivity contribution in [2.45, 2.75) is 32.6 Å². The Morgan fingerprint density at radius 1 is 1.09 bits per heavy atom. The Bertz CT molecular complexity index is 1090. The molecule has 1 heterocycles. The number of rotatable bonds is 9. The number of hydrogen-bond donors (Lipinski definition) is 1. The second kappa shape index (κ2) is 9.68. The van der Waals surface area contributed by atoms with Gasteiger partial charge in [-0.2, -0.15) is 0 Å². The van der Waals surface area contributed by atoms with Gasteiger partial charge in [-0.1, -0.05) is 24.3 Å². The molecule has 2 amide bonds. The Morgan fingerprint density at radius 2 is 1.84 bits per heavy atom. The van der Waals surface area contributed by atoms with Crippen LogP contribution in [0.3, 0.4) is 0 Å². The van der Waals surface area contributed by atoms with E-state index in [1.807, 2.05) is 44.2 Å². The summed E-state index contributed by atoms with van der Waals surface area (Å²) in [7, 11) is 0. The fourth-order valence-corrected chi connectivity index (χ4v) is 3.49. The van der Waals surface area contributed by atoms with Crippen LogP contribution >= 0.6 is 0 Å². The summed E-state index contributed by atoms with van der Waals surface area (Å²) in [6.45, 7) is 5.09. The number of hydrogen-bond acceptors (Lipinski definition) is 5. The van der Waals surface area contributed by atoms with Crippen LogP contribution in [0, 0.1) is 0 Å². The number of nitrogens with one attached hydrogen (secondary N) is 1. The molecule has 1 saturated carbocycles. The van der Waals surface area contributed by atoms with Gasteiger partial charge < -0.3 is 19.4 Å². The molecule has 1 aliphatic rings. The van der Waals surface area contributed by atoms with Gasteiger partial charge in [0.2, 0.25) is 5.89 Å². The maximum Gasteiger partial charge on any atom is 0.277 e. The second-order valence-electron chi connectivity index (χ2n) is 7.71. The summed E-state index contributed by atoms with van der Waals surface area (Å²) >= 11 is 0. The lowest BCUT2D eigenvalue weighted by atomic mass is 10.2. The minimum atomic E-state index is -0.325. The predicted octanol–water partition coefficient (Wildman–Crippen LogP) is 4.72. The van der Waals surface area contributed by atoms with E-state index in [9.17, 15) is 9.59 Å². The van der Waals surface area contributed by atoms with E-state index in [4.69, 9.17) is 9.15 Å². The molecular formula is C25H27N3O4. The third kappa shape index (κ3) is 4.99. The van der Waals surface area contributed by atoms with E-state index in [1.54, 1.807) is 29.2 Å². The molecule has 4 rings (SSSR count). The molecule has 32 heavy (non-hydrogen) atoms. The van der Waals surface area contributed by atoms with Gasteiger partial charge in [0.05, 0.1) is 0 Å². The largest absolute Gasteiger partial charge is 0.484 e. The van der Waals surface area contributed by atoms with E-state index < -0.39 is 0 Å². The minimum Gasteiger partial charge on any atom is -0.484 e. The van der Waals surface area contributed by atoms with Crippen molar-refractivity contribution in [3.63, 3.8) is 0 Å². The average Bonchev–Trinajstić information content (AvgIpc) is 3.57. The summed E-state index contributed by atoms with van der Waals surface area (Å²) < 4.78 is 11.6. The fourth-order valence-electron chi connectivity index (χ4n) is 3.49. The maximum atomic E-state index is 13.0. The van der Waals surface area contributed by atoms with E-state index in [0.29, 0.717) is 41.9 Å². The molecular weight excluding hydrogens is 406 g/mol. The highest BCUT2D eigenvalue weighted by Gasteiger charge is 2.34. The van der Waals surface area contributed by atoms with Gasteiger partial charge in [-0.15, -0.1) is 0 Å². The van der Waals surface area contributed by atoms with Gasteiger partial charge in [0.1, 0.15) is 11.5 Å². The molecule has 1 aliphatic carbocycles. The number of benzene rings is 2. The Balaban J connectivity index is 1.47. The molecule has 2 aromatic carbocycles. The van der Waals surface area contributed by atoms with Crippen molar-refractivity contribution < 1.29 is 18.7 Å². The number of carbonyl (C=O) groups excluding carboxylic acids is 2. The van der Waals surface area contributed by atoms with Gasteiger partial charge in [-0.05, 0) is 51.0 Å². The molecule has 7 heteroatoms. The van der Waals surface area contributed by atoms with Crippen LogP contribution in [0.15, 0.2) is 59.0 Å². The van der Waals surface area contributed by atoms with Crippen molar-refractivity contribution >= 4 is 17.5 Å². The zero-order valence-corrected chi connectivity index (χ0v) is 18.3. The van der Waals surface area contributed by atoms with E-state index in [-0.39, 0.29) is 24.3 Å². The molecule has 0 saturated heterocycles. The molecule has 1 fully saturated rings. The quantitative estimate of drug-likeness (QED) is 0.528. The van der Waals surface area contributed by atoms with Crippen LogP contribution in [0.1, 0.15) is 48.9 Å². The van der Waals surface area contributed by atoms with Crippen molar-refractivity contribution in [3.05, 3.63) is 66.1 Å². The van der Waals surface area contributed by atoms with Gasteiger partial charge >= 0.3 is 0 Å². The molecule has 1 N–H and O–H groups in total. The van der Waals surface area contributed by atoms with E-state index in [1.165, 1.54) is 0 Å². The molecule has 1 aromatic heterocycles. The third-order valence-electron chi connectivity index (χ3n) is 5.41. The number of likely N-dealkylation sites (N-methyl/N-ethyl adjacent to an activating group) is 1. The fraction of sp³-hybridized carbons (Fsp3) is 0.320. The number of oxazole rings is 1. The molecule has 0 radical (unpaired) electrons. The number of aromatic nitrogens is 1. The first-order valence-corrected chi connectivity index (χ1v) is 11.0. The number of nitrogens with zero attached hydrogens (tertiary/aromatic N) is 2. The van der Waals surface area contributed by atoms with Crippen molar-refractivity contribution in [1.82, 2.24) is 9.88 Å². The zero-order valence-electron chi connectivity index (χ0n) is 18.3. The average molecular weight is 434 g/mol. The molecule has 0 bridgehead atoms. The van der Waals surface area contributed by atoms with Crippen LogP contribution in [-0.2, 0) is 4.79 Å². The number of anilines is 1. The predicted molar refractivity (Wildman–Crippen MR) is 122 cm³/mol. The molecule has 0 aliphatic heterocycles. The summed E-state index contributed by atoms with van der Waals surface area (Å²) in [6.07, 6.45) is 1.99. The first kappa shape index (κ1) is 21.6. The first-order valence-electron chi connectivity index (χ1n) is 11.0. The third-order valence-corrected chi connectivity index (χ3v) is 5.41. The number of ether oxygens (including phenoxy) is 1. The van der Waals surface area contributed by atoms with Crippen molar-refractivity contribution in [2.75, 3.05) is 25.0 Å². The van der Waals surface area contributed by atoms with Gasteiger partial charge in [0.15, 0.2) is 12.3 Å². The molecule has 166 valence electrons. The Kier molecular flexibility index (Phi) is 6.54. The summed E-state index contributed by atoms with van der Waals surface area (Å²) in [4.78, 5) is 31.4. The highest BCUT2D eigenvalue weighted by molar-refractivity contribution is 6.04. The summed E-state index contributed by atoms with van der Waals surface area (Å²) in [5.41, 5.74) is 1.71. The standard InChI is InChI=1S/C25H27N3O4/c1-3-28(4-2)21(29)16-31-20-12-8-11-19(15-20)26-24(30)22-23(17-13-14-17)32-25(27-22)18-9-6-5-7-10-18/h5-12,15,17H,3-4,13-14,16H2,1-2H3,(H,26,30). The molecule has 0 spiro atoms. The van der Waals surface area contributed by atoms with Crippen LogP contribution in [0.4, 0.5) is 5.69 Å². The maximum absolute atomic E-state index is 13.0. The molecule has 0 atom stereocenters. The highest BCUT2D eigenvalue weighted by atomic mass is 16.5. The lowest BCUT2D eigenvalue weighted by molar-refractivity contribution is -0.132. The van der Waals surface area contributed by atoms with Gasteiger partial charge in [-0.25, -0.2) is 4.98 Å². The minimum absolute atomic E-state index is 0.0470. The topological polar surface area (TPSA) is 84.7 Å². The number of carbonyl (C=O) groups is 2. The normalized spacial score (nSPS) is 12.9. The summed E-state index contributed by atoms with van der Waals surface area (Å²) in [5.74, 6) is 1.43. The van der Waals surface area contributed by atoms with E-state index >= 15 is 0 Å². The number of amides is 2. The second-order valence-corrected chi connectivity index (χ2v) is 7.71. The Morgan fingerprint density at radius 3 is 2.53 bits per heavy atom. The SMILES string of the molecule is CCN(CC)C(=O)COc1cccc(NC(=O)c2nc(-c3ccccc3)oc2C2CC2)c1. The van der Waals surface area contributed by atoms with Gasteiger partial charge in [0, 0.05) is 36.3 Å². The van der Waals surface area contributed by atoms with Gasteiger partial charge in [-0.3, -0.25) is 9.59 Å². The van der Waals surface area contributed by atoms with Crippen molar-refractivity contribution in [3.8, 4) is 17.2 Å². The van der Waals surface area contributed by atoms with E-state index in [2.05, 4.69) is 10.3 Å². The lowest BCUT2D eigenvalue weighted by Crippen LogP contribution is -2.34. The van der Waals surface area contributed by atoms with E-state index in [0.717, 1.165) is 18.4 Å². The van der Waals surface area contributed by atoms with Crippen LogP contribution < -0.4 is 10.1 Å². The first-order chi connectivity index (χ1) is 15.6. The van der Waals surface area contributed by atoms with Crippen molar-refractivity contribution in [1.29, 1.82) is 0 Å². The summed E-state index contributed by atoms with van der Waals surface area (Å²) in [6, 6.07) is 16.5. The lowest BCUT2D eigenvalue weighted by Gasteiger charge is -2.18. The molecule has 0 unspecified atom stereocenters. The Hall–Kier alpha value is -3.61. The Labute approximate surface area is 187 Å². The monoisotopic (exact) mass is 433 g/mol. The van der Waals surface area contributed by atoms with Crippen LogP contribution in [0.2, 0.25) is 0 Å². The zero-order chi connectivity index (χ0) is 22.5. The highest BCUT2D eigenvalue weighted by Crippen LogP contribution is 2.43. The van der Waals surface area contributed by atoms with Crippen LogP contribution in [-0.4, -0.2) is 41.4 Å². The van der Waals surface area contributed by atoms with Crippen LogP contribution in [0.25, 0.3) is 11.5 Å². The summed E-state index contributed by atoms with van der Waals surface area (Å²) in [5, 5.41) is 2.88.